The fourth-order valence-corrected chi connectivity index (χ4v) is 6.30. The zero-order valence-electron chi connectivity index (χ0n) is 19.9. The smallest absolute Gasteiger partial charge is 0.243 e. The van der Waals surface area contributed by atoms with E-state index in [-0.39, 0.29) is 23.7 Å². The van der Waals surface area contributed by atoms with Gasteiger partial charge in [0.1, 0.15) is 5.82 Å². The van der Waals surface area contributed by atoms with Crippen molar-refractivity contribution in [2.45, 2.75) is 57.1 Å². The highest BCUT2D eigenvalue weighted by Gasteiger charge is 2.35. The van der Waals surface area contributed by atoms with Gasteiger partial charge >= 0.3 is 0 Å². The molecule has 184 valence electrons. The number of aryl methyl sites for hydroxylation is 2. The van der Waals surface area contributed by atoms with Gasteiger partial charge in [-0.2, -0.15) is 4.31 Å². The summed E-state index contributed by atoms with van der Waals surface area (Å²) in [5.74, 6) is -0.601. The first kappa shape index (κ1) is 24.8. The van der Waals surface area contributed by atoms with E-state index in [2.05, 4.69) is 0 Å². The van der Waals surface area contributed by atoms with Gasteiger partial charge in [-0.05, 0) is 80.5 Å². The molecule has 2 aliphatic rings. The van der Waals surface area contributed by atoms with Crippen molar-refractivity contribution in [3.8, 4) is 0 Å². The molecule has 2 aromatic rings. The van der Waals surface area contributed by atoms with Crippen molar-refractivity contribution in [3.05, 3.63) is 65.0 Å². The molecule has 0 radical (unpaired) electrons. The van der Waals surface area contributed by atoms with Gasteiger partial charge in [-0.1, -0.05) is 18.2 Å². The molecule has 8 heteroatoms. The van der Waals surface area contributed by atoms with Crippen LogP contribution in [0.25, 0.3) is 0 Å². The summed E-state index contributed by atoms with van der Waals surface area (Å²) in [6.07, 6.45) is 2.80. The van der Waals surface area contributed by atoms with Crippen LogP contribution in [0.5, 0.6) is 0 Å². The fraction of sp³-hybridized carbons (Fsp3) is 0.500. The van der Waals surface area contributed by atoms with Crippen molar-refractivity contribution in [1.29, 1.82) is 0 Å². The van der Waals surface area contributed by atoms with Gasteiger partial charge in [-0.25, -0.2) is 12.8 Å². The molecule has 2 aromatic carbocycles. The van der Waals surface area contributed by atoms with Crippen LogP contribution in [-0.4, -0.2) is 55.9 Å². The standard InChI is InChI=1S/C26H33FN2O4S/c1-19-8-9-25(15-20(19)2)34(31,32)29-12-10-22(11-13-29)26(30)28(18-24-7-4-14-33-24)17-21-5-3-6-23(27)16-21/h3,5-6,8-9,15-16,22,24H,4,7,10-14,17-18H2,1-2H3. The summed E-state index contributed by atoms with van der Waals surface area (Å²) in [5, 5.41) is 0. The number of ether oxygens (including phenoxy) is 1. The summed E-state index contributed by atoms with van der Waals surface area (Å²) in [4.78, 5) is 15.6. The Bertz CT molecular complexity index is 1120. The molecule has 1 unspecified atom stereocenters. The molecule has 6 nitrogen and oxygen atoms in total. The van der Waals surface area contributed by atoms with Crippen molar-refractivity contribution >= 4 is 15.9 Å². The third-order valence-corrected chi connectivity index (χ3v) is 8.84. The Balaban J connectivity index is 1.44. The van der Waals surface area contributed by atoms with Crippen molar-refractivity contribution < 1.29 is 22.3 Å². The molecule has 0 bridgehead atoms. The number of sulfonamides is 1. The average molecular weight is 489 g/mol. The molecule has 1 amide bonds. The second-order valence-electron chi connectivity index (χ2n) is 9.41. The number of nitrogens with zero attached hydrogens (tertiary/aromatic N) is 2. The SMILES string of the molecule is Cc1ccc(S(=O)(=O)N2CCC(C(=O)N(Cc3cccc(F)c3)CC3CCCO3)CC2)cc1C. The van der Waals surface area contributed by atoms with Gasteiger partial charge in [0, 0.05) is 38.7 Å². The predicted octanol–water partition coefficient (Wildman–Crippen LogP) is 4.05. The van der Waals surface area contributed by atoms with Gasteiger partial charge in [-0.15, -0.1) is 0 Å². The highest BCUT2D eigenvalue weighted by molar-refractivity contribution is 7.89. The summed E-state index contributed by atoms with van der Waals surface area (Å²) in [5.41, 5.74) is 2.72. The van der Waals surface area contributed by atoms with Crippen molar-refractivity contribution in [2.75, 3.05) is 26.2 Å². The maximum absolute atomic E-state index is 13.7. The van der Waals surface area contributed by atoms with Crippen LogP contribution in [0.4, 0.5) is 4.39 Å². The Morgan fingerprint density at radius 3 is 2.50 bits per heavy atom. The molecular weight excluding hydrogens is 455 g/mol. The van der Waals surface area contributed by atoms with Crippen LogP contribution in [0, 0.1) is 25.6 Å². The van der Waals surface area contributed by atoms with E-state index in [1.807, 2.05) is 26.0 Å². The first-order valence-corrected chi connectivity index (χ1v) is 13.4. The van der Waals surface area contributed by atoms with E-state index >= 15 is 0 Å². The highest BCUT2D eigenvalue weighted by Crippen LogP contribution is 2.27. The minimum atomic E-state index is -3.60. The molecule has 2 fully saturated rings. The molecule has 2 heterocycles. The lowest BCUT2D eigenvalue weighted by atomic mass is 9.96. The van der Waals surface area contributed by atoms with E-state index in [1.54, 1.807) is 23.1 Å². The number of hydrogen-bond donors (Lipinski definition) is 0. The Labute approximate surface area is 201 Å². The summed E-state index contributed by atoms with van der Waals surface area (Å²) < 4.78 is 47.3. The van der Waals surface area contributed by atoms with Crippen molar-refractivity contribution in [3.63, 3.8) is 0 Å². The minimum Gasteiger partial charge on any atom is -0.376 e. The lowest BCUT2D eigenvalue weighted by Crippen LogP contribution is -2.45. The topological polar surface area (TPSA) is 66.9 Å². The summed E-state index contributed by atoms with van der Waals surface area (Å²) in [6.45, 7) is 5.95. The van der Waals surface area contributed by atoms with Crippen LogP contribution in [0.3, 0.4) is 0 Å². The van der Waals surface area contributed by atoms with Gasteiger partial charge < -0.3 is 9.64 Å². The van der Waals surface area contributed by atoms with E-state index in [9.17, 15) is 17.6 Å². The van der Waals surface area contributed by atoms with Crippen LogP contribution in [0.1, 0.15) is 42.4 Å². The normalized spacial score (nSPS) is 19.9. The number of rotatable bonds is 7. The Morgan fingerprint density at radius 2 is 1.85 bits per heavy atom. The van der Waals surface area contributed by atoms with E-state index in [1.165, 1.54) is 16.4 Å². The molecule has 0 spiro atoms. The number of amides is 1. The highest BCUT2D eigenvalue weighted by atomic mass is 32.2. The first-order valence-electron chi connectivity index (χ1n) is 12.0. The van der Waals surface area contributed by atoms with Crippen LogP contribution >= 0.6 is 0 Å². The zero-order valence-corrected chi connectivity index (χ0v) is 20.7. The molecule has 34 heavy (non-hydrogen) atoms. The number of carbonyl (C=O) groups excluding carboxylic acids is 1. The van der Waals surface area contributed by atoms with E-state index in [0.29, 0.717) is 50.5 Å². The van der Waals surface area contributed by atoms with E-state index in [0.717, 1.165) is 29.5 Å². The van der Waals surface area contributed by atoms with E-state index in [4.69, 9.17) is 4.74 Å². The van der Waals surface area contributed by atoms with Gasteiger partial charge in [0.05, 0.1) is 11.0 Å². The maximum Gasteiger partial charge on any atom is 0.243 e. The molecule has 0 aromatic heterocycles. The van der Waals surface area contributed by atoms with Gasteiger partial charge in [-0.3, -0.25) is 4.79 Å². The quantitative estimate of drug-likeness (QED) is 0.590. The lowest BCUT2D eigenvalue weighted by Gasteiger charge is -2.34. The minimum absolute atomic E-state index is 0.0111. The number of carbonyl (C=O) groups is 1. The van der Waals surface area contributed by atoms with Crippen LogP contribution in [0.15, 0.2) is 47.4 Å². The molecule has 2 aliphatic heterocycles. The second-order valence-corrected chi connectivity index (χ2v) is 11.3. The number of hydrogen-bond acceptors (Lipinski definition) is 4. The Morgan fingerprint density at radius 1 is 1.09 bits per heavy atom. The monoisotopic (exact) mass is 488 g/mol. The van der Waals surface area contributed by atoms with Crippen molar-refractivity contribution in [2.24, 2.45) is 5.92 Å². The van der Waals surface area contributed by atoms with E-state index < -0.39 is 10.0 Å². The second kappa shape index (κ2) is 10.5. The molecular formula is C26H33FN2O4S. The molecule has 0 N–H and O–H groups in total. The third kappa shape index (κ3) is 5.67. The number of piperidine rings is 1. The van der Waals surface area contributed by atoms with Crippen molar-refractivity contribution in [1.82, 2.24) is 9.21 Å². The predicted molar refractivity (Wildman–Crippen MR) is 128 cm³/mol. The molecule has 0 aliphatic carbocycles. The lowest BCUT2D eigenvalue weighted by molar-refractivity contribution is -0.139. The van der Waals surface area contributed by atoms with Gasteiger partial charge in [0.25, 0.3) is 0 Å². The van der Waals surface area contributed by atoms with Crippen LogP contribution < -0.4 is 0 Å². The molecule has 4 rings (SSSR count). The fourth-order valence-electron chi connectivity index (χ4n) is 4.75. The summed E-state index contributed by atoms with van der Waals surface area (Å²) >= 11 is 0. The largest absolute Gasteiger partial charge is 0.376 e. The Hall–Kier alpha value is -2.29. The first-order chi connectivity index (χ1) is 16.2. The van der Waals surface area contributed by atoms with Crippen LogP contribution in [0.2, 0.25) is 0 Å². The van der Waals surface area contributed by atoms with Crippen LogP contribution in [-0.2, 0) is 26.1 Å². The number of benzene rings is 2. The van der Waals surface area contributed by atoms with Gasteiger partial charge in [0.2, 0.25) is 15.9 Å². The summed E-state index contributed by atoms with van der Waals surface area (Å²) in [6, 6.07) is 11.5. The molecule has 2 saturated heterocycles. The number of halogens is 1. The zero-order chi connectivity index (χ0) is 24.3. The molecule has 1 atom stereocenters. The Kier molecular flexibility index (Phi) is 7.70. The van der Waals surface area contributed by atoms with Gasteiger partial charge in [0.15, 0.2) is 0 Å². The molecule has 0 saturated carbocycles. The average Bonchev–Trinajstić information content (AvgIpc) is 3.33. The summed E-state index contributed by atoms with van der Waals surface area (Å²) in [7, 11) is -3.60. The third-order valence-electron chi connectivity index (χ3n) is 6.94. The maximum atomic E-state index is 13.7.